The second-order valence-corrected chi connectivity index (χ2v) is 8.22. The Morgan fingerprint density at radius 2 is 1.72 bits per heavy atom. The molecule has 5 nitrogen and oxygen atoms in total. The Balaban J connectivity index is 1.83. The maximum atomic E-state index is 12.8. The maximum Gasteiger partial charge on any atom is 0.270 e. The van der Waals surface area contributed by atoms with E-state index in [1.54, 1.807) is 36.2 Å². The van der Waals surface area contributed by atoms with Gasteiger partial charge in [0.2, 0.25) is 0 Å². The lowest BCUT2D eigenvalue weighted by Gasteiger charge is -2.25. The smallest absolute Gasteiger partial charge is 0.270 e. The lowest BCUT2D eigenvalue weighted by molar-refractivity contribution is 0.0737. The van der Waals surface area contributed by atoms with E-state index in [4.69, 9.17) is 0 Å². The number of aromatic amines is 1. The molecule has 1 atom stereocenters. The number of hydrogen-bond donors (Lipinski definition) is 1. The van der Waals surface area contributed by atoms with Crippen molar-refractivity contribution in [1.29, 1.82) is 0 Å². The molecule has 25 heavy (non-hydrogen) atoms. The summed E-state index contributed by atoms with van der Waals surface area (Å²) < 4.78 is 23.1. The van der Waals surface area contributed by atoms with Crippen LogP contribution in [0.3, 0.4) is 0 Å². The van der Waals surface area contributed by atoms with Crippen molar-refractivity contribution in [2.45, 2.75) is 17.9 Å². The van der Waals surface area contributed by atoms with Crippen molar-refractivity contribution in [2.24, 2.45) is 0 Å². The van der Waals surface area contributed by atoms with Crippen LogP contribution in [0.1, 0.15) is 29.0 Å². The number of nitrogens with zero attached hydrogens (tertiary/aromatic N) is 1. The molecule has 0 bridgehead atoms. The zero-order valence-electron chi connectivity index (χ0n) is 14.4. The fourth-order valence-electron chi connectivity index (χ4n) is 2.77. The van der Waals surface area contributed by atoms with E-state index in [1.165, 1.54) is 6.26 Å². The van der Waals surface area contributed by atoms with Gasteiger partial charge in [-0.15, -0.1) is 0 Å². The number of carbonyl (C=O) groups is 1. The van der Waals surface area contributed by atoms with E-state index in [0.717, 1.165) is 16.5 Å². The van der Waals surface area contributed by atoms with Gasteiger partial charge in [0, 0.05) is 24.2 Å². The minimum absolute atomic E-state index is 0.115. The number of nitrogens with one attached hydrogen (secondary N) is 1. The molecule has 0 radical (unpaired) electrons. The summed E-state index contributed by atoms with van der Waals surface area (Å²) in [6.07, 6.45) is 1.18. The van der Waals surface area contributed by atoms with Gasteiger partial charge in [-0.3, -0.25) is 4.79 Å². The highest BCUT2D eigenvalue weighted by molar-refractivity contribution is 7.90. The minimum atomic E-state index is -3.23. The minimum Gasteiger partial charge on any atom is -0.351 e. The molecule has 1 amide bonds. The number of amides is 1. The topological polar surface area (TPSA) is 70.2 Å². The lowest BCUT2D eigenvalue weighted by atomic mass is 10.1. The number of rotatable bonds is 4. The first-order valence-electron chi connectivity index (χ1n) is 7.92. The van der Waals surface area contributed by atoms with Gasteiger partial charge in [-0.05, 0) is 36.8 Å². The van der Waals surface area contributed by atoms with Crippen molar-refractivity contribution >= 4 is 26.6 Å². The number of aromatic nitrogens is 1. The fraction of sp³-hybridized carbons (Fsp3) is 0.211. The quantitative estimate of drug-likeness (QED) is 0.779. The standard InChI is InChI=1S/C19H20N2O3S/c1-13(14-8-10-16(11-9-14)25(3,23)24)21(2)19(22)18-12-15-6-4-5-7-17(15)20-18/h4-13,20H,1-3H3. The molecule has 3 aromatic rings. The number of H-pyrrole nitrogens is 1. The van der Waals surface area contributed by atoms with Gasteiger partial charge < -0.3 is 9.88 Å². The fourth-order valence-corrected chi connectivity index (χ4v) is 3.40. The summed E-state index contributed by atoms with van der Waals surface area (Å²) in [5, 5.41) is 0.990. The molecular formula is C19H20N2O3S. The first kappa shape index (κ1) is 17.2. The zero-order valence-corrected chi connectivity index (χ0v) is 15.2. The molecule has 0 aliphatic carbocycles. The Labute approximate surface area is 147 Å². The molecule has 0 saturated heterocycles. The molecule has 0 aliphatic heterocycles. The normalized spacial score (nSPS) is 12.9. The second-order valence-electron chi connectivity index (χ2n) is 6.20. The average Bonchev–Trinajstić information content (AvgIpc) is 3.03. The van der Waals surface area contributed by atoms with Crippen molar-refractivity contribution < 1.29 is 13.2 Å². The molecule has 1 heterocycles. The molecule has 0 fully saturated rings. The zero-order chi connectivity index (χ0) is 18.2. The molecule has 0 spiro atoms. The largest absolute Gasteiger partial charge is 0.351 e. The summed E-state index contributed by atoms with van der Waals surface area (Å²) in [6.45, 7) is 1.91. The Bertz CT molecular complexity index is 987. The maximum absolute atomic E-state index is 12.8. The Morgan fingerprint density at radius 3 is 2.32 bits per heavy atom. The van der Waals surface area contributed by atoms with E-state index < -0.39 is 9.84 Å². The van der Waals surface area contributed by atoms with Gasteiger partial charge in [0.05, 0.1) is 10.9 Å². The van der Waals surface area contributed by atoms with Gasteiger partial charge in [-0.1, -0.05) is 30.3 Å². The molecule has 1 N–H and O–H groups in total. The predicted octanol–water partition coefficient (Wildman–Crippen LogP) is 3.40. The summed E-state index contributed by atoms with van der Waals surface area (Å²) in [4.78, 5) is 17.8. The van der Waals surface area contributed by atoms with Crippen LogP contribution in [0.5, 0.6) is 0 Å². The van der Waals surface area contributed by atoms with Gasteiger partial charge in [0.1, 0.15) is 5.69 Å². The van der Waals surface area contributed by atoms with Gasteiger partial charge >= 0.3 is 0 Å². The van der Waals surface area contributed by atoms with Gasteiger partial charge in [-0.25, -0.2) is 8.42 Å². The summed E-state index contributed by atoms with van der Waals surface area (Å²) in [5.74, 6) is -0.115. The van der Waals surface area contributed by atoms with Crippen LogP contribution in [0.25, 0.3) is 10.9 Å². The van der Waals surface area contributed by atoms with E-state index in [9.17, 15) is 13.2 Å². The van der Waals surface area contributed by atoms with Crippen molar-refractivity contribution in [3.63, 3.8) is 0 Å². The van der Waals surface area contributed by atoms with Crippen LogP contribution in [0.4, 0.5) is 0 Å². The highest BCUT2D eigenvalue weighted by Gasteiger charge is 2.21. The van der Waals surface area contributed by atoms with E-state index >= 15 is 0 Å². The number of carbonyl (C=O) groups excluding carboxylic acids is 1. The summed E-state index contributed by atoms with van der Waals surface area (Å²) in [7, 11) is -1.49. The number of para-hydroxylation sites is 1. The SMILES string of the molecule is CC(c1ccc(S(C)(=O)=O)cc1)N(C)C(=O)c1cc2ccccc2[nH]1. The number of sulfone groups is 1. The monoisotopic (exact) mass is 356 g/mol. The van der Waals surface area contributed by atoms with E-state index in [2.05, 4.69) is 4.98 Å². The van der Waals surface area contributed by atoms with Crippen molar-refractivity contribution in [3.8, 4) is 0 Å². The summed E-state index contributed by atoms with van der Waals surface area (Å²) in [6, 6.07) is 16.0. The first-order chi connectivity index (χ1) is 11.8. The van der Waals surface area contributed by atoms with Gasteiger partial charge in [-0.2, -0.15) is 0 Å². The van der Waals surface area contributed by atoms with Crippen LogP contribution >= 0.6 is 0 Å². The molecule has 0 saturated carbocycles. The summed E-state index contributed by atoms with van der Waals surface area (Å²) >= 11 is 0. The molecule has 6 heteroatoms. The Morgan fingerprint density at radius 1 is 1.08 bits per heavy atom. The van der Waals surface area contributed by atoms with Crippen LogP contribution in [-0.4, -0.2) is 37.5 Å². The molecule has 130 valence electrons. The third-order valence-electron chi connectivity index (χ3n) is 4.45. The van der Waals surface area contributed by atoms with Crippen molar-refractivity contribution in [1.82, 2.24) is 9.88 Å². The molecule has 1 unspecified atom stereocenters. The molecule has 3 rings (SSSR count). The van der Waals surface area contributed by atoms with Crippen LogP contribution < -0.4 is 0 Å². The predicted molar refractivity (Wildman–Crippen MR) is 98.4 cm³/mol. The second kappa shape index (κ2) is 6.37. The molecular weight excluding hydrogens is 336 g/mol. The number of hydrogen-bond acceptors (Lipinski definition) is 3. The van der Waals surface area contributed by atoms with Crippen LogP contribution in [0.15, 0.2) is 59.5 Å². The Hall–Kier alpha value is -2.60. The molecule has 2 aromatic carbocycles. The van der Waals surface area contributed by atoms with Crippen LogP contribution in [0, 0.1) is 0 Å². The Kier molecular flexibility index (Phi) is 4.39. The highest BCUT2D eigenvalue weighted by Crippen LogP contribution is 2.23. The van der Waals surface area contributed by atoms with Crippen LogP contribution in [0.2, 0.25) is 0 Å². The van der Waals surface area contributed by atoms with E-state index in [0.29, 0.717) is 5.69 Å². The average molecular weight is 356 g/mol. The third kappa shape index (κ3) is 3.44. The number of fused-ring (bicyclic) bond motifs is 1. The highest BCUT2D eigenvalue weighted by atomic mass is 32.2. The number of benzene rings is 2. The van der Waals surface area contributed by atoms with Gasteiger partial charge in [0.25, 0.3) is 5.91 Å². The third-order valence-corrected chi connectivity index (χ3v) is 5.58. The van der Waals surface area contributed by atoms with Crippen LogP contribution in [-0.2, 0) is 9.84 Å². The first-order valence-corrected chi connectivity index (χ1v) is 9.81. The molecule has 1 aromatic heterocycles. The van der Waals surface area contributed by atoms with Crippen molar-refractivity contribution in [2.75, 3.05) is 13.3 Å². The summed E-state index contributed by atoms with van der Waals surface area (Å²) in [5.41, 5.74) is 2.33. The lowest BCUT2D eigenvalue weighted by Crippen LogP contribution is -2.29. The van der Waals surface area contributed by atoms with E-state index in [-0.39, 0.29) is 16.8 Å². The molecule has 0 aliphatic rings. The van der Waals surface area contributed by atoms with Crippen molar-refractivity contribution in [3.05, 3.63) is 65.9 Å². The van der Waals surface area contributed by atoms with E-state index in [1.807, 2.05) is 37.3 Å². The van der Waals surface area contributed by atoms with Gasteiger partial charge in [0.15, 0.2) is 9.84 Å².